The Kier molecular flexibility index (Phi) is 4.67. The molecule has 3 aromatic rings. The van der Waals surface area contributed by atoms with E-state index in [9.17, 15) is 4.79 Å². The molecule has 152 valence electrons. The number of ether oxygens (including phenoxy) is 1. The van der Waals surface area contributed by atoms with E-state index >= 15 is 0 Å². The first kappa shape index (κ1) is 18.1. The lowest BCUT2D eigenvalue weighted by Gasteiger charge is -2.26. The highest BCUT2D eigenvalue weighted by Crippen LogP contribution is 2.31. The van der Waals surface area contributed by atoms with Crippen LogP contribution in [0.5, 0.6) is 0 Å². The van der Waals surface area contributed by atoms with Crippen LogP contribution < -0.4 is 4.90 Å². The van der Waals surface area contributed by atoms with Gasteiger partial charge < -0.3 is 19.0 Å². The van der Waals surface area contributed by atoms with Gasteiger partial charge in [-0.15, -0.1) is 5.10 Å². The molecular weight excluding hydrogens is 372 g/mol. The van der Waals surface area contributed by atoms with E-state index in [4.69, 9.17) is 9.15 Å². The molecule has 0 spiro atoms. The molecule has 29 heavy (non-hydrogen) atoms. The summed E-state index contributed by atoms with van der Waals surface area (Å²) in [6.07, 6.45) is 4.55. The number of hydrogen-bond donors (Lipinski definition) is 0. The van der Waals surface area contributed by atoms with Gasteiger partial charge in [0.1, 0.15) is 17.3 Å². The van der Waals surface area contributed by atoms with Crippen molar-refractivity contribution in [1.29, 1.82) is 0 Å². The zero-order valence-electron chi connectivity index (χ0n) is 16.4. The van der Waals surface area contributed by atoms with Gasteiger partial charge >= 0.3 is 0 Å². The van der Waals surface area contributed by atoms with Gasteiger partial charge in [-0.05, 0) is 31.4 Å². The molecular formula is C20H24N6O3. The number of oxazole rings is 1. The van der Waals surface area contributed by atoms with Crippen LogP contribution in [0.3, 0.4) is 0 Å². The van der Waals surface area contributed by atoms with Crippen molar-refractivity contribution in [2.24, 2.45) is 0 Å². The summed E-state index contributed by atoms with van der Waals surface area (Å²) in [5.74, 6) is 0.143. The van der Waals surface area contributed by atoms with Crippen molar-refractivity contribution in [1.82, 2.24) is 24.9 Å². The number of aromatic nitrogens is 4. The number of amides is 1. The number of rotatable bonds is 5. The molecule has 0 saturated carbocycles. The van der Waals surface area contributed by atoms with Crippen LogP contribution in [0.2, 0.25) is 0 Å². The molecule has 2 fully saturated rings. The number of hydrogen-bond acceptors (Lipinski definition) is 7. The summed E-state index contributed by atoms with van der Waals surface area (Å²) >= 11 is 0. The predicted molar refractivity (Wildman–Crippen MR) is 105 cm³/mol. The number of para-hydroxylation sites is 2. The van der Waals surface area contributed by atoms with Crippen molar-refractivity contribution in [3.8, 4) is 0 Å². The van der Waals surface area contributed by atoms with Gasteiger partial charge in [0.05, 0.1) is 18.8 Å². The van der Waals surface area contributed by atoms with Crippen molar-refractivity contribution in [3.05, 3.63) is 36.2 Å². The summed E-state index contributed by atoms with van der Waals surface area (Å²) in [6, 6.07) is 8.16. The van der Waals surface area contributed by atoms with E-state index in [2.05, 4.69) is 15.3 Å². The van der Waals surface area contributed by atoms with E-state index in [0.717, 1.165) is 49.1 Å². The molecule has 2 aliphatic heterocycles. The summed E-state index contributed by atoms with van der Waals surface area (Å²) in [6.45, 7) is 2.59. The highest BCUT2D eigenvalue weighted by Gasteiger charge is 2.39. The molecule has 9 nitrogen and oxygen atoms in total. The SMILES string of the molecule is COCc1cn([C@H]2CCN(C(=O)[C@@H]3CCCN3c3nc4ccccc4o3)C2)nn1. The maximum atomic E-state index is 13.3. The number of benzene rings is 1. The molecule has 2 aliphatic rings. The van der Waals surface area contributed by atoms with Crippen LogP contribution in [0, 0.1) is 0 Å². The molecule has 4 heterocycles. The van der Waals surface area contributed by atoms with Crippen LogP contribution >= 0.6 is 0 Å². The lowest BCUT2D eigenvalue weighted by molar-refractivity contribution is -0.131. The van der Waals surface area contributed by atoms with Gasteiger partial charge in [0.15, 0.2) is 5.58 Å². The van der Waals surface area contributed by atoms with Crippen LogP contribution in [0.1, 0.15) is 31.0 Å². The molecule has 5 rings (SSSR count). The Morgan fingerprint density at radius 2 is 2.17 bits per heavy atom. The van der Waals surface area contributed by atoms with Gasteiger partial charge in [-0.3, -0.25) is 4.79 Å². The Bertz CT molecular complexity index is 981. The van der Waals surface area contributed by atoms with E-state index in [1.165, 1.54) is 0 Å². The minimum atomic E-state index is -0.221. The molecule has 0 aliphatic carbocycles. The zero-order chi connectivity index (χ0) is 19.8. The van der Waals surface area contributed by atoms with Crippen molar-refractivity contribution < 1.29 is 13.9 Å². The van der Waals surface area contributed by atoms with E-state index in [-0.39, 0.29) is 18.0 Å². The van der Waals surface area contributed by atoms with Crippen molar-refractivity contribution in [3.63, 3.8) is 0 Å². The van der Waals surface area contributed by atoms with E-state index in [1.54, 1.807) is 7.11 Å². The van der Waals surface area contributed by atoms with Gasteiger partial charge in [-0.25, -0.2) is 4.68 Å². The number of likely N-dealkylation sites (tertiary alicyclic amines) is 1. The second-order valence-corrected chi connectivity index (χ2v) is 7.67. The van der Waals surface area contributed by atoms with Crippen molar-refractivity contribution in [2.45, 2.75) is 38.0 Å². The number of methoxy groups -OCH3 is 1. The van der Waals surface area contributed by atoms with Crippen LogP contribution in [0.15, 0.2) is 34.9 Å². The Morgan fingerprint density at radius 1 is 1.28 bits per heavy atom. The number of carbonyl (C=O) groups excluding carboxylic acids is 1. The first-order valence-electron chi connectivity index (χ1n) is 10.0. The first-order valence-corrected chi connectivity index (χ1v) is 10.0. The first-order chi connectivity index (χ1) is 14.2. The molecule has 2 aromatic heterocycles. The average molecular weight is 396 g/mol. The molecule has 0 radical (unpaired) electrons. The summed E-state index contributed by atoms with van der Waals surface area (Å²) < 4.78 is 12.9. The molecule has 1 amide bonds. The molecule has 0 bridgehead atoms. The third-order valence-corrected chi connectivity index (χ3v) is 5.77. The fraction of sp³-hybridized carbons (Fsp3) is 0.500. The van der Waals surface area contributed by atoms with Gasteiger partial charge in [0.25, 0.3) is 6.01 Å². The van der Waals surface area contributed by atoms with Crippen LogP contribution in [0.25, 0.3) is 11.1 Å². The summed E-state index contributed by atoms with van der Waals surface area (Å²) in [7, 11) is 1.64. The fourth-order valence-electron chi connectivity index (χ4n) is 4.31. The maximum Gasteiger partial charge on any atom is 0.299 e. The van der Waals surface area contributed by atoms with E-state index < -0.39 is 0 Å². The zero-order valence-corrected chi connectivity index (χ0v) is 16.4. The predicted octanol–water partition coefficient (Wildman–Crippen LogP) is 2.01. The second-order valence-electron chi connectivity index (χ2n) is 7.67. The summed E-state index contributed by atoms with van der Waals surface area (Å²) in [4.78, 5) is 21.8. The van der Waals surface area contributed by atoms with Crippen LogP contribution in [-0.2, 0) is 16.1 Å². The molecule has 0 N–H and O–H groups in total. The third-order valence-electron chi connectivity index (χ3n) is 5.77. The Balaban J connectivity index is 1.29. The minimum Gasteiger partial charge on any atom is -0.423 e. The number of carbonyl (C=O) groups is 1. The molecule has 1 aromatic carbocycles. The quantitative estimate of drug-likeness (QED) is 0.652. The van der Waals surface area contributed by atoms with Gasteiger partial charge in [0, 0.05) is 26.7 Å². The molecule has 9 heteroatoms. The fourth-order valence-corrected chi connectivity index (χ4v) is 4.31. The van der Waals surface area contributed by atoms with E-state index in [0.29, 0.717) is 19.2 Å². The largest absolute Gasteiger partial charge is 0.423 e. The van der Waals surface area contributed by atoms with Crippen LogP contribution in [-0.4, -0.2) is 63.6 Å². The van der Waals surface area contributed by atoms with Crippen molar-refractivity contribution >= 4 is 23.0 Å². The Hall–Kier alpha value is -2.94. The molecule has 2 saturated heterocycles. The normalized spacial score (nSPS) is 22.1. The third kappa shape index (κ3) is 3.35. The minimum absolute atomic E-state index is 0.143. The highest BCUT2D eigenvalue weighted by atomic mass is 16.5. The molecule has 2 atom stereocenters. The smallest absolute Gasteiger partial charge is 0.299 e. The standard InChI is InChI=1S/C20H24N6O3/c1-28-13-14-11-26(23-22-14)15-8-10-24(12-15)19(27)17-6-4-9-25(17)20-21-16-5-2-3-7-18(16)29-20/h2-3,5,7,11,15,17H,4,6,8-10,12-13H2,1H3/t15-,17-/m0/s1. The van der Waals surface area contributed by atoms with Gasteiger partial charge in [-0.1, -0.05) is 17.3 Å². The monoisotopic (exact) mass is 396 g/mol. The summed E-state index contributed by atoms with van der Waals surface area (Å²) in [5.41, 5.74) is 2.37. The molecule has 0 unspecified atom stereocenters. The average Bonchev–Trinajstić information content (AvgIpc) is 3.52. The maximum absolute atomic E-state index is 13.3. The van der Waals surface area contributed by atoms with E-state index in [1.807, 2.05) is 44.9 Å². The van der Waals surface area contributed by atoms with Gasteiger partial charge in [-0.2, -0.15) is 4.98 Å². The summed E-state index contributed by atoms with van der Waals surface area (Å²) in [5, 5.41) is 8.33. The highest BCUT2D eigenvalue weighted by molar-refractivity contribution is 5.86. The number of anilines is 1. The Morgan fingerprint density at radius 3 is 3.03 bits per heavy atom. The van der Waals surface area contributed by atoms with Gasteiger partial charge in [0.2, 0.25) is 5.91 Å². The lowest BCUT2D eigenvalue weighted by Crippen LogP contribution is -2.45. The lowest BCUT2D eigenvalue weighted by atomic mass is 10.2. The number of fused-ring (bicyclic) bond motifs is 1. The number of nitrogens with zero attached hydrogens (tertiary/aromatic N) is 6. The Labute approximate surface area is 168 Å². The topological polar surface area (TPSA) is 89.5 Å². The second kappa shape index (κ2) is 7.47. The van der Waals surface area contributed by atoms with Crippen LogP contribution in [0.4, 0.5) is 6.01 Å². The van der Waals surface area contributed by atoms with Crippen molar-refractivity contribution in [2.75, 3.05) is 31.6 Å².